The van der Waals surface area contributed by atoms with Crippen LogP contribution in [0.25, 0.3) is 16.8 Å². The van der Waals surface area contributed by atoms with Crippen LogP contribution in [0, 0.1) is 5.82 Å². The zero-order chi connectivity index (χ0) is 18.6. The molecule has 0 fully saturated rings. The number of hydrogen-bond acceptors (Lipinski definition) is 4. The quantitative estimate of drug-likeness (QED) is 0.501. The van der Waals surface area contributed by atoms with Gasteiger partial charge in [-0.2, -0.15) is 0 Å². The Morgan fingerprint density at radius 1 is 1.28 bits per heavy atom. The molecule has 0 saturated heterocycles. The predicted molar refractivity (Wildman–Crippen MR) is 96.3 cm³/mol. The summed E-state index contributed by atoms with van der Waals surface area (Å²) in [5.41, 5.74) is 1.41. The fourth-order valence-electron chi connectivity index (χ4n) is 2.70. The van der Waals surface area contributed by atoms with Gasteiger partial charge >= 0.3 is 6.16 Å². The molecule has 5 heteroatoms. The lowest BCUT2D eigenvalue weighted by Gasteiger charge is -2.19. The lowest BCUT2D eigenvalue weighted by Crippen LogP contribution is -2.21. The van der Waals surface area contributed by atoms with Crippen LogP contribution in [-0.2, 0) is 9.47 Å². The molecule has 0 N–H and O–H groups in total. The average molecular weight is 346 g/mol. The van der Waals surface area contributed by atoms with Gasteiger partial charge in [-0.1, -0.05) is 32.6 Å². The molecule has 2 rings (SSSR count). The van der Waals surface area contributed by atoms with Crippen molar-refractivity contribution in [1.82, 2.24) is 0 Å². The predicted octanol–water partition coefficient (Wildman–Crippen LogP) is 5.64. The summed E-state index contributed by atoms with van der Waals surface area (Å²) in [4.78, 5) is 11.4. The number of ether oxygens (including phenoxy) is 3. The van der Waals surface area contributed by atoms with Crippen LogP contribution < -0.4 is 4.74 Å². The summed E-state index contributed by atoms with van der Waals surface area (Å²) < 4.78 is 29.6. The minimum atomic E-state index is -0.809. The van der Waals surface area contributed by atoms with Gasteiger partial charge in [0.15, 0.2) is 0 Å². The van der Waals surface area contributed by atoms with Gasteiger partial charge in [0.05, 0.1) is 6.61 Å². The van der Waals surface area contributed by atoms with Crippen molar-refractivity contribution in [2.45, 2.75) is 39.9 Å². The molecular formula is C20H23FO4. The number of hydrogen-bond donors (Lipinski definition) is 0. The van der Waals surface area contributed by atoms with Crippen LogP contribution in [0.5, 0.6) is 5.75 Å². The third-order valence-corrected chi connectivity index (χ3v) is 3.76. The van der Waals surface area contributed by atoms with Gasteiger partial charge in [0.1, 0.15) is 11.6 Å². The summed E-state index contributed by atoms with van der Waals surface area (Å²) in [5, 5.41) is 1.65. The van der Waals surface area contributed by atoms with E-state index in [4.69, 9.17) is 14.2 Å². The Kier molecular flexibility index (Phi) is 6.02. The lowest BCUT2D eigenvalue weighted by atomic mass is 9.92. The molecule has 25 heavy (non-hydrogen) atoms. The SMILES string of the molecule is C=Cc1c(F)ccc2cc(OC(C)OC(=O)OCC)cc(C(C)C)c12. The molecule has 0 aromatic heterocycles. The van der Waals surface area contributed by atoms with E-state index < -0.39 is 12.4 Å². The smallest absolute Gasteiger partial charge is 0.455 e. The highest BCUT2D eigenvalue weighted by atomic mass is 19.1. The maximum absolute atomic E-state index is 14.1. The van der Waals surface area contributed by atoms with Crippen LogP contribution in [0.1, 0.15) is 44.7 Å². The summed E-state index contributed by atoms with van der Waals surface area (Å²) in [6.45, 7) is 11.3. The second-order valence-corrected chi connectivity index (χ2v) is 5.92. The molecule has 134 valence electrons. The number of carbonyl (C=O) groups excluding carboxylic acids is 1. The van der Waals surface area contributed by atoms with E-state index in [1.807, 2.05) is 19.9 Å². The van der Waals surface area contributed by atoms with Crippen molar-refractivity contribution in [1.29, 1.82) is 0 Å². The van der Waals surface area contributed by atoms with Gasteiger partial charge in [0.25, 0.3) is 0 Å². The summed E-state index contributed by atoms with van der Waals surface area (Å²) in [6.07, 6.45) is -0.0666. The minimum Gasteiger partial charge on any atom is -0.455 e. The Hall–Kier alpha value is -2.56. The highest BCUT2D eigenvalue weighted by molar-refractivity contribution is 5.94. The molecule has 0 bridgehead atoms. The highest BCUT2D eigenvalue weighted by Crippen LogP contribution is 2.34. The van der Waals surface area contributed by atoms with E-state index in [2.05, 4.69) is 6.58 Å². The summed E-state index contributed by atoms with van der Waals surface area (Å²) in [6, 6.07) is 6.74. The lowest BCUT2D eigenvalue weighted by molar-refractivity contribution is -0.0518. The van der Waals surface area contributed by atoms with E-state index in [0.29, 0.717) is 11.3 Å². The van der Waals surface area contributed by atoms with E-state index in [1.54, 1.807) is 26.0 Å². The standard InChI is InChI=1S/C20H23FO4/c1-6-16-18(21)9-8-14-10-15(11-17(12(3)4)19(14)16)24-13(5)25-20(22)23-7-2/h6,8-13H,1,7H2,2-5H3. The molecular weight excluding hydrogens is 323 g/mol. The molecule has 1 unspecified atom stereocenters. The summed E-state index contributed by atoms with van der Waals surface area (Å²) in [5.74, 6) is 0.375. The number of rotatable bonds is 6. The van der Waals surface area contributed by atoms with Crippen molar-refractivity contribution in [3.05, 3.63) is 47.8 Å². The number of carbonyl (C=O) groups is 1. The number of halogens is 1. The van der Waals surface area contributed by atoms with Crippen molar-refractivity contribution >= 4 is 23.0 Å². The molecule has 0 radical (unpaired) electrons. The van der Waals surface area contributed by atoms with Gasteiger partial charge < -0.3 is 14.2 Å². The largest absolute Gasteiger partial charge is 0.511 e. The molecule has 2 aromatic rings. The first kappa shape index (κ1) is 18.8. The van der Waals surface area contributed by atoms with Crippen molar-refractivity contribution in [2.75, 3.05) is 6.61 Å². The second-order valence-electron chi connectivity index (χ2n) is 5.92. The third-order valence-electron chi connectivity index (χ3n) is 3.76. The molecule has 0 spiro atoms. The zero-order valence-corrected chi connectivity index (χ0v) is 15.0. The van der Waals surface area contributed by atoms with E-state index >= 15 is 0 Å². The fraction of sp³-hybridized carbons (Fsp3) is 0.350. The van der Waals surface area contributed by atoms with Crippen molar-refractivity contribution < 1.29 is 23.4 Å². The van der Waals surface area contributed by atoms with Gasteiger partial charge in [0.2, 0.25) is 6.29 Å². The Morgan fingerprint density at radius 2 is 2.00 bits per heavy atom. The van der Waals surface area contributed by atoms with E-state index in [9.17, 15) is 9.18 Å². The molecule has 0 amide bonds. The zero-order valence-electron chi connectivity index (χ0n) is 15.0. The molecule has 0 heterocycles. The Bertz CT molecular complexity index is 783. The van der Waals surface area contributed by atoms with Crippen LogP contribution in [0.2, 0.25) is 0 Å². The summed E-state index contributed by atoms with van der Waals surface area (Å²) >= 11 is 0. The van der Waals surface area contributed by atoms with Crippen LogP contribution >= 0.6 is 0 Å². The van der Waals surface area contributed by atoms with E-state index in [1.165, 1.54) is 12.1 Å². The first-order valence-corrected chi connectivity index (χ1v) is 8.26. The van der Waals surface area contributed by atoms with Crippen LogP contribution in [0.3, 0.4) is 0 Å². The average Bonchev–Trinajstić information content (AvgIpc) is 2.54. The van der Waals surface area contributed by atoms with Crippen LogP contribution in [0.4, 0.5) is 9.18 Å². The van der Waals surface area contributed by atoms with E-state index in [0.717, 1.165) is 16.3 Å². The molecule has 0 saturated carbocycles. The van der Waals surface area contributed by atoms with Crippen LogP contribution in [0.15, 0.2) is 30.8 Å². The fourth-order valence-corrected chi connectivity index (χ4v) is 2.70. The van der Waals surface area contributed by atoms with Gasteiger partial charge in [-0.15, -0.1) is 0 Å². The minimum absolute atomic E-state index is 0.146. The normalized spacial score (nSPS) is 12.1. The Morgan fingerprint density at radius 3 is 2.60 bits per heavy atom. The van der Waals surface area contributed by atoms with Crippen molar-refractivity contribution in [3.63, 3.8) is 0 Å². The molecule has 1 atom stereocenters. The van der Waals surface area contributed by atoms with E-state index in [-0.39, 0.29) is 18.3 Å². The Balaban J connectivity index is 2.41. The van der Waals surface area contributed by atoms with Crippen LogP contribution in [-0.4, -0.2) is 19.1 Å². The molecule has 0 aliphatic carbocycles. The molecule has 0 aliphatic heterocycles. The van der Waals surface area contributed by atoms with Crippen molar-refractivity contribution in [3.8, 4) is 5.75 Å². The number of benzene rings is 2. The third kappa shape index (κ3) is 4.29. The maximum Gasteiger partial charge on any atom is 0.511 e. The maximum atomic E-state index is 14.1. The first-order chi connectivity index (χ1) is 11.9. The van der Waals surface area contributed by atoms with Gasteiger partial charge in [0, 0.05) is 12.5 Å². The van der Waals surface area contributed by atoms with Gasteiger partial charge in [-0.25, -0.2) is 9.18 Å². The first-order valence-electron chi connectivity index (χ1n) is 8.26. The molecule has 2 aromatic carbocycles. The second kappa shape index (κ2) is 8.01. The number of fused-ring (bicyclic) bond motifs is 1. The molecule has 4 nitrogen and oxygen atoms in total. The summed E-state index contributed by atoms with van der Waals surface area (Å²) in [7, 11) is 0. The topological polar surface area (TPSA) is 44.8 Å². The monoisotopic (exact) mass is 346 g/mol. The van der Waals surface area contributed by atoms with Crippen molar-refractivity contribution in [2.24, 2.45) is 0 Å². The highest BCUT2D eigenvalue weighted by Gasteiger charge is 2.16. The van der Waals surface area contributed by atoms with Gasteiger partial charge in [-0.3, -0.25) is 0 Å². The Labute approximate surface area is 147 Å². The van der Waals surface area contributed by atoms with Gasteiger partial charge in [-0.05, 0) is 47.4 Å². The molecule has 0 aliphatic rings.